The van der Waals surface area contributed by atoms with E-state index in [1.807, 2.05) is 0 Å². The summed E-state index contributed by atoms with van der Waals surface area (Å²) in [5.41, 5.74) is 2.20. The van der Waals surface area contributed by atoms with Gasteiger partial charge in [0.15, 0.2) is 0 Å². The third-order valence-corrected chi connectivity index (χ3v) is 3.94. The molecule has 2 unspecified atom stereocenters. The monoisotopic (exact) mass is 256 g/mol. The highest BCUT2D eigenvalue weighted by Gasteiger charge is 2.25. The van der Waals surface area contributed by atoms with Crippen LogP contribution < -0.4 is 11.3 Å². The van der Waals surface area contributed by atoms with Crippen molar-refractivity contribution in [2.75, 3.05) is 26.7 Å². The Morgan fingerprint density at radius 2 is 2.22 bits per heavy atom. The van der Waals surface area contributed by atoms with Crippen LogP contribution in [-0.2, 0) is 4.79 Å². The molecular formula is C13H28N4O. The van der Waals surface area contributed by atoms with Gasteiger partial charge < -0.3 is 4.90 Å². The van der Waals surface area contributed by atoms with Gasteiger partial charge in [0.05, 0.1) is 0 Å². The van der Waals surface area contributed by atoms with Crippen molar-refractivity contribution < 1.29 is 4.79 Å². The summed E-state index contributed by atoms with van der Waals surface area (Å²) in [5.74, 6) is 5.05. The van der Waals surface area contributed by atoms with Crippen LogP contribution in [0.25, 0.3) is 0 Å². The van der Waals surface area contributed by atoms with E-state index in [0.717, 1.165) is 25.9 Å². The van der Waals surface area contributed by atoms with Crippen LogP contribution in [0.1, 0.15) is 39.5 Å². The number of carbonyl (C=O) groups is 1. The van der Waals surface area contributed by atoms with Gasteiger partial charge in [-0.2, -0.15) is 0 Å². The Hall–Kier alpha value is -0.650. The minimum absolute atomic E-state index is 0.0677. The van der Waals surface area contributed by atoms with E-state index in [-0.39, 0.29) is 5.91 Å². The number of nitrogens with one attached hydrogen (secondary N) is 1. The number of hydrazine groups is 1. The molecule has 0 aliphatic carbocycles. The van der Waals surface area contributed by atoms with Gasteiger partial charge in [0.25, 0.3) is 0 Å². The van der Waals surface area contributed by atoms with Crippen LogP contribution in [0.15, 0.2) is 0 Å². The van der Waals surface area contributed by atoms with Gasteiger partial charge in [-0.1, -0.05) is 6.92 Å². The first-order chi connectivity index (χ1) is 8.58. The lowest BCUT2D eigenvalue weighted by atomic mass is 10.1. The van der Waals surface area contributed by atoms with Crippen molar-refractivity contribution in [3.63, 3.8) is 0 Å². The summed E-state index contributed by atoms with van der Waals surface area (Å²) in [6.45, 7) is 7.90. The van der Waals surface area contributed by atoms with Gasteiger partial charge in [-0.05, 0) is 46.3 Å². The van der Waals surface area contributed by atoms with E-state index < -0.39 is 0 Å². The Labute approximate surface area is 111 Å². The quantitative estimate of drug-likeness (QED) is 0.429. The smallest absolute Gasteiger partial charge is 0.233 e. The minimum Gasteiger partial charge on any atom is -0.305 e. The van der Waals surface area contributed by atoms with Crippen LogP contribution in [0.4, 0.5) is 0 Å². The summed E-state index contributed by atoms with van der Waals surface area (Å²) in [6, 6.07) is 1.05. The van der Waals surface area contributed by atoms with Crippen LogP contribution in [0.5, 0.6) is 0 Å². The highest BCUT2D eigenvalue weighted by molar-refractivity contribution is 5.75. The molecule has 1 rings (SSSR count). The topological polar surface area (TPSA) is 61.6 Å². The van der Waals surface area contributed by atoms with E-state index in [9.17, 15) is 4.79 Å². The molecule has 5 heteroatoms. The Kier molecular flexibility index (Phi) is 6.60. The molecule has 3 N–H and O–H groups in total. The van der Waals surface area contributed by atoms with Crippen LogP contribution in [0.3, 0.4) is 0 Å². The highest BCUT2D eigenvalue weighted by Crippen LogP contribution is 2.17. The summed E-state index contributed by atoms with van der Waals surface area (Å²) >= 11 is 0. The zero-order valence-electron chi connectivity index (χ0n) is 12.0. The third kappa shape index (κ3) is 4.55. The molecule has 0 aromatic rings. The number of nitrogens with zero attached hydrogens (tertiary/aromatic N) is 2. The number of likely N-dealkylation sites (N-methyl/N-ethyl adjacent to an activating group) is 1. The molecule has 0 bridgehead atoms. The molecule has 0 radical (unpaired) electrons. The number of hydrogen-bond donors (Lipinski definition) is 2. The largest absolute Gasteiger partial charge is 0.305 e. The van der Waals surface area contributed by atoms with Gasteiger partial charge in [0.1, 0.15) is 0 Å². The average Bonchev–Trinajstić information content (AvgIpc) is 2.56. The second-order valence-electron chi connectivity index (χ2n) is 5.37. The Morgan fingerprint density at radius 1 is 1.50 bits per heavy atom. The molecule has 1 heterocycles. The van der Waals surface area contributed by atoms with Crippen LogP contribution in [0, 0.1) is 0 Å². The molecule has 18 heavy (non-hydrogen) atoms. The van der Waals surface area contributed by atoms with E-state index in [2.05, 4.69) is 36.1 Å². The third-order valence-electron chi connectivity index (χ3n) is 3.94. The van der Waals surface area contributed by atoms with Crippen molar-refractivity contribution in [2.45, 2.75) is 51.6 Å². The van der Waals surface area contributed by atoms with Crippen molar-refractivity contribution >= 4 is 5.91 Å². The van der Waals surface area contributed by atoms with Crippen LogP contribution >= 0.6 is 0 Å². The number of rotatable bonds is 5. The lowest BCUT2D eigenvalue weighted by Crippen LogP contribution is -2.45. The second kappa shape index (κ2) is 7.71. The first-order valence-corrected chi connectivity index (χ1v) is 7.02. The van der Waals surface area contributed by atoms with E-state index in [1.54, 1.807) is 0 Å². The summed E-state index contributed by atoms with van der Waals surface area (Å²) < 4.78 is 0. The molecule has 5 nitrogen and oxygen atoms in total. The normalized spacial score (nSPS) is 24.6. The molecule has 106 valence electrons. The highest BCUT2D eigenvalue weighted by atomic mass is 16.2. The molecular weight excluding hydrogens is 228 g/mol. The molecule has 0 aromatic heterocycles. The number of amides is 1. The SMILES string of the molecule is CCC1CN(C)CCCN1C(C)CCC(=O)NN. The maximum atomic E-state index is 11.2. The molecule has 1 amide bonds. The van der Waals surface area contributed by atoms with Gasteiger partial charge in [-0.25, -0.2) is 5.84 Å². The molecule has 1 fully saturated rings. The van der Waals surface area contributed by atoms with Crippen molar-refractivity contribution in [3.8, 4) is 0 Å². The fourth-order valence-corrected chi connectivity index (χ4v) is 2.78. The van der Waals surface area contributed by atoms with Gasteiger partial charge >= 0.3 is 0 Å². The predicted molar refractivity (Wildman–Crippen MR) is 73.9 cm³/mol. The maximum Gasteiger partial charge on any atom is 0.233 e. The van der Waals surface area contributed by atoms with Gasteiger partial charge in [-0.15, -0.1) is 0 Å². The van der Waals surface area contributed by atoms with E-state index in [1.165, 1.54) is 13.0 Å². The lowest BCUT2D eigenvalue weighted by molar-refractivity contribution is -0.121. The number of carbonyl (C=O) groups excluding carboxylic acids is 1. The Morgan fingerprint density at radius 3 is 2.83 bits per heavy atom. The number of nitrogens with two attached hydrogens (primary N) is 1. The minimum atomic E-state index is -0.0677. The molecule has 0 saturated carbocycles. The predicted octanol–water partition coefficient (Wildman–Crippen LogP) is 0.561. The molecule has 1 saturated heterocycles. The number of hydrogen-bond acceptors (Lipinski definition) is 4. The average molecular weight is 256 g/mol. The first-order valence-electron chi connectivity index (χ1n) is 7.02. The van der Waals surface area contributed by atoms with Crippen LogP contribution in [0.2, 0.25) is 0 Å². The van der Waals surface area contributed by atoms with Crippen LogP contribution in [-0.4, -0.2) is 54.5 Å². The summed E-state index contributed by atoms with van der Waals surface area (Å²) in [6.07, 6.45) is 3.77. The summed E-state index contributed by atoms with van der Waals surface area (Å²) in [4.78, 5) is 16.2. The van der Waals surface area contributed by atoms with Crippen molar-refractivity contribution in [1.29, 1.82) is 0 Å². The molecule has 0 spiro atoms. The fourth-order valence-electron chi connectivity index (χ4n) is 2.78. The van der Waals surface area contributed by atoms with Gasteiger partial charge in [0.2, 0.25) is 5.91 Å². The maximum absolute atomic E-state index is 11.2. The van der Waals surface area contributed by atoms with E-state index in [0.29, 0.717) is 18.5 Å². The first kappa shape index (κ1) is 15.4. The van der Waals surface area contributed by atoms with E-state index >= 15 is 0 Å². The van der Waals surface area contributed by atoms with Crippen molar-refractivity contribution in [1.82, 2.24) is 15.2 Å². The van der Waals surface area contributed by atoms with Crippen molar-refractivity contribution in [2.24, 2.45) is 5.84 Å². The lowest BCUT2D eigenvalue weighted by Gasteiger charge is -2.35. The fraction of sp³-hybridized carbons (Fsp3) is 0.923. The summed E-state index contributed by atoms with van der Waals surface area (Å²) in [7, 11) is 2.19. The Balaban J connectivity index is 2.52. The zero-order chi connectivity index (χ0) is 13.5. The Bertz CT molecular complexity index is 259. The summed E-state index contributed by atoms with van der Waals surface area (Å²) in [5, 5.41) is 0. The standard InChI is InChI=1S/C13H28N4O/c1-4-12-10-16(3)8-5-9-17(12)11(2)6-7-13(18)15-14/h11-12H,4-10,14H2,1-3H3,(H,15,18). The molecule has 1 aliphatic heterocycles. The van der Waals surface area contributed by atoms with Gasteiger partial charge in [0, 0.05) is 25.0 Å². The van der Waals surface area contributed by atoms with Gasteiger partial charge in [-0.3, -0.25) is 15.1 Å². The van der Waals surface area contributed by atoms with E-state index in [4.69, 9.17) is 5.84 Å². The van der Waals surface area contributed by atoms with Crippen molar-refractivity contribution in [3.05, 3.63) is 0 Å². The second-order valence-corrected chi connectivity index (χ2v) is 5.37. The molecule has 1 aliphatic rings. The molecule has 0 aromatic carbocycles. The zero-order valence-corrected chi connectivity index (χ0v) is 12.0. The molecule has 2 atom stereocenters.